The highest BCUT2D eigenvalue weighted by Crippen LogP contribution is 2.33. The number of thiocarbonyl (C=S) groups is 1. The van der Waals surface area contributed by atoms with Crippen molar-refractivity contribution in [3.8, 4) is 0 Å². The monoisotopic (exact) mass is 230 g/mol. The lowest BCUT2D eigenvalue weighted by atomic mass is 10.1. The average Bonchev–Trinajstić information content (AvgIpc) is 2.96. The van der Waals surface area contributed by atoms with Crippen molar-refractivity contribution in [3.05, 3.63) is 0 Å². The topological polar surface area (TPSA) is 64.3 Å². The molecule has 0 radical (unpaired) electrons. The molecule has 1 aliphatic carbocycles. The van der Waals surface area contributed by atoms with Gasteiger partial charge in [0.1, 0.15) is 5.60 Å². The van der Waals surface area contributed by atoms with Crippen molar-refractivity contribution in [2.75, 3.05) is 7.11 Å². The molecule has 0 spiro atoms. The van der Waals surface area contributed by atoms with Gasteiger partial charge in [-0.05, 0) is 32.6 Å². The van der Waals surface area contributed by atoms with Gasteiger partial charge in [-0.25, -0.2) is 0 Å². The van der Waals surface area contributed by atoms with Crippen LogP contribution >= 0.6 is 12.2 Å². The molecule has 1 aliphatic rings. The third-order valence-electron chi connectivity index (χ3n) is 2.74. The third-order valence-corrected chi connectivity index (χ3v) is 3.00. The van der Waals surface area contributed by atoms with Crippen LogP contribution < -0.4 is 11.1 Å². The number of carbonyl (C=O) groups is 1. The second kappa shape index (κ2) is 4.45. The van der Waals surface area contributed by atoms with Crippen LogP contribution in [0.15, 0.2) is 0 Å². The Balaban J connectivity index is 2.58. The zero-order chi connectivity index (χ0) is 11.6. The zero-order valence-corrected chi connectivity index (χ0v) is 10.2. The van der Waals surface area contributed by atoms with E-state index in [2.05, 4.69) is 5.32 Å². The first kappa shape index (κ1) is 12.4. The van der Waals surface area contributed by atoms with Crippen molar-refractivity contribution in [2.45, 2.75) is 38.3 Å². The lowest BCUT2D eigenvalue weighted by molar-refractivity contribution is -0.139. The Labute approximate surface area is 95.5 Å². The number of carbonyl (C=O) groups excluding carboxylic acids is 1. The first-order chi connectivity index (χ1) is 6.88. The molecule has 86 valence electrons. The predicted octanol–water partition coefficient (Wildman–Crippen LogP) is 0.592. The van der Waals surface area contributed by atoms with Crippen LogP contribution in [0.3, 0.4) is 0 Å². The largest absolute Gasteiger partial charge is 0.392 e. The van der Waals surface area contributed by atoms with E-state index in [1.165, 1.54) is 7.11 Å². The lowest BCUT2D eigenvalue weighted by Crippen LogP contribution is -2.52. The molecule has 1 atom stereocenters. The van der Waals surface area contributed by atoms with Crippen molar-refractivity contribution in [1.82, 2.24) is 5.32 Å². The van der Waals surface area contributed by atoms with E-state index in [-0.39, 0.29) is 11.9 Å². The van der Waals surface area contributed by atoms with Crippen LogP contribution in [-0.4, -0.2) is 29.6 Å². The minimum atomic E-state index is -0.835. The summed E-state index contributed by atoms with van der Waals surface area (Å²) in [4.78, 5) is 12.2. The van der Waals surface area contributed by atoms with Gasteiger partial charge in [-0.15, -0.1) is 0 Å². The highest BCUT2D eigenvalue weighted by Gasteiger charge is 2.37. The molecule has 4 nitrogen and oxygen atoms in total. The Hall–Kier alpha value is -0.680. The van der Waals surface area contributed by atoms with Crippen LogP contribution in [0, 0.1) is 5.92 Å². The summed E-state index contributed by atoms with van der Waals surface area (Å²) in [5, 5.41) is 2.84. The highest BCUT2D eigenvalue weighted by atomic mass is 32.1. The summed E-state index contributed by atoms with van der Waals surface area (Å²) in [6, 6.07) is -0.179. The summed E-state index contributed by atoms with van der Waals surface area (Å²) in [6.45, 7) is 3.43. The Morgan fingerprint density at radius 2 is 2.13 bits per heavy atom. The number of hydrogen-bond donors (Lipinski definition) is 2. The number of nitrogens with one attached hydrogen (secondary N) is 1. The van der Waals surface area contributed by atoms with E-state index in [1.807, 2.05) is 0 Å². The molecule has 0 aromatic carbocycles. The van der Waals surface area contributed by atoms with Crippen molar-refractivity contribution < 1.29 is 9.53 Å². The van der Waals surface area contributed by atoms with Crippen LogP contribution in [-0.2, 0) is 9.53 Å². The molecule has 15 heavy (non-hydrogen) atoms. The van der Waals surface area contributed by atoms with Gasteiger partial charge in [-0.1, -0.05) is 12.2 Å². The molecule has 0 aromatic heterocycles. The summed E-state index contributed by atoms with van der Waals surface area (Å²) < 4.78 is 5.08. The van der Waals surface area contributed by atoms with Gasteiger partial charge in [-0.3, -0.25) is 4.79 Å². The summed E-state index contributed by atoms with van der Waals surface area (Å²) >= 11 is 4.93. The van der Waals surface area contributed by atoms with Crippen molar-refractivity contribution in [3.63, 3.8) is 0 Å². The number of rotatable bonds is 5. The van der Waals surface area contributed by atoms with Crippen LogP contribution in [0.4, 0.5) is 0 Å². The maximum Gasteiger partial charge on any atom is 0.252 e. The number of ether oxygens (including phenoxy) is 1. The summed E-state index contributed by atoms with van der Waals surface area (Å²) in [6.07, 6.45) is 2.16. The normalized spacial score (nSPS) is 18.3. The van der Waals surface area contributed by atoms with Gasteiger partial charge in [0.15, 0.2) is 0 Å². The molecular formula is C10H18N2O2S. The van der Waals surface area contributed by atoms with Gasteiger partial charge in [-0.2, -0.15) is 0 Å². The minimum absolute atomic E-state index is 0.172. The number of hydrogen-bond acceptors (Lipinski definition) is 3. The fourth-order valence-corrected chi connectivity index (χ4v) is 1.51. The Bertz CT molecular complexity index is 275. The highest BCUT2D eigenvalue weighted by molar-refractivity contribution is 7.80. The van der Waals surface area contributed by atoms with Gasteiger partial charge in [0.05, 0.1) is 11.0 Å². The van der Waals surface area contributed by atoms with E-state index >= 15 is 0 Å². The molecule has 0 saturated heterocycles. The van der Waals surface area contributed by atoms with Crippen molar-refractivity contribution in [2.24, 2.45) is 11.7 Å². The second-order valence-electron chi connectivity index (χ2n) is 4.41. The standard InChI is InChI=1S/C10H18N2O2S/c1-10(2,14-3)9(13)12-7(8(11)15)6-4-5-6/h6-7H,4-5H2,1-3H3,(H2,11,15)(H,12,13). The fraction of sp³-hybridized carbons (Fsp3) is 0.800. The van der Waals surface area contributed by atoms with Gasteiger partial charge in [0, 0.05) is 7.11 Å². The Morgan fingerprint density at radius 1 is 1.60 bits per heavy atom. The quantitative estimate of drug-likeness (QED) is 0.679. The summed E-state index contributed by atoms with van der Waals surface area (Å²) in [5.41, 5.74) is 4.75. The molecule has 1 amide bonds. The Kier molecular flexibility index (Phi) is 3.67. The molecule has 1 unspecified atom stereocenters. The van der Waals surface area contributed by atoms with Gasteiger partial charge < -0.3 is 15.8 Å². The molecule has 0 aromatic rings. The van der Waals surface area contributed by atoms with Gasteiger partial charge in [0.2, 0.25) is 0 Å². The molecule has 0 bridgehead atoms. The molecule has 1 fully saturated rings. The third kappa shape index (κ3) is 3.14. The van der Waals surface area contributed by atoms with Crippen LogP contribution in [0.1, 0.15) is 26.7 Å². The number of nitrogens with two attached hydrogens (primary N) is 1. The van der Waals surface area contributed by atoms with Gasteiger partial charge >= 0.3 is 0 Å². The van der Waals surface area contributed by atoms with E-state index in [4.69, 9.17) is 22.7 Å². The first-order valence-corrected chi connectivity index (χ1v) is 5.44. The van der Waals surface area contributed by atoms with E-state index in [0.717, 1.165) is 12.8 Å². The molecule has 1 rings (SSSR count). The smallest absolute Gasteiger partial charge is 0.252 e. The fourth-order valence-electron chi connectivity index (χ4n) is 1.26. The van der Waals surface area contributed by atoms with E-state index in [0.29, 0.717) is 10.9 Å². The van der Waals surface area contributed by atoms with E-state index in [1.54, 1.807) is 13.8 Å². The molecule has 0 heterocycles. The predicted molar refractivity (Wildman–Crippen MR) is 62.5 cm³/mol. The second-order valence-corrected chi connectivity index (χ2v) is 4.88. The van der Waals surface area contributed by atoms with E-state index in [9.17, 15) is 4.79 Å². The maximum atomic E-state index is 11.8. The lowest BCUT2D eigenvalue weighted by Gasteiger charge is -2.25. The molecular weight excluding hydrogens is 212 g/mol. The maximum absolute atomic E-state index is 11.8. The summed E-state index contributed by atoms with van der Waals surface area (Å²) in [5.74, 6) is 0.244. The molecule has 1 saturated carbocycles. The SMILES string of the molecule is COC(C)(C)C(=O)NC(C(N)=S)C1CC1. The first-order valence-electron chi connectivity index (χ1n) is 5.04. The molecule has 0 aliphatic heterocycles. The van der Waals surface area contributed by atoms with Crippen molar-refractivity contribution in [1.29, 1.82) is 0 Å². The molecule has 3 N–H and O–H groups in total. The van der Waals surface area contributed by atoms with Crippen LogP contribution in [0.2, 0.25) is 0 Å². The minimum Gasteiger partial charge on any atom is -0.392 e. The number of amides is 1. The van der Waals surface area contributed by atoms with Crippen LogP contribution in [0.25, 0.3) is 0 Å². The van der Waals surface area contributed by atoms with Crippen LogP contribution in [0.5, 0.6) is 0 Å². The van der Waals surface area contributed by atoms with Crippen molar-refractivity contribution >= 4 is 23.1 Å². The zero-order valence-electron chi connectivity index (χ0n) is 9.37. The molecule has 5 heteroatoms. The van der Waals surface area contributed by atoms with Gasteiger partial charge in [0.25, 0.3) is 5.91 Å². The summed E-state index contributed by atoms with van der Waals surface area (Å²) in [7, 11) is 1.51. The Morgan fingerprint density at radius 3 is 2.47 bits per heavy atom. The number of methoxy groups -OCH3 is 1. The average molecular weight is 230 g/mol. The van der Waals surface area contributed by atoms with E-state index < -0.39 is 5.60 Å².